The third-order valence-electron chi connectivity index (χ3n) is 4.75. The molecule has 4 aromatic rings. The van der Waals surface area contributed by atoms with Crippen LogP contribution in [-0.4, -0.2) is 27.6 Å². The summed E-state index contributed by atoms with van der Waals surface area (Å²) >= 11 is 0. The molecule has 1 fully saturated rings. The number of fused-ring (bicyclic) bond motifs is 1. The lowest BCUT2D eigenvalue weighted by Crippen LogP contribution is -2.43. The number of hydrogen-bond acceptors (Lipinski definition) is 5. The molecule has 2 aromatic heterocycles. The van der Waals surface area contributed by atoms with Gasteiger partial charge in [0.25, 0.3) is 0 Å². The monoisotopic (exact) mass is 357 g/mol. The van der Waals surface area contributed by atoms with Crippen molar-refractivity contribution in [2.24, 2.45) is 0 Å². The Morgan fingerprint density at radius 2 is 1.70 bits per heavy atom. The molecule has 0 amide bonds. The van der Waals surface area contributed by atoms with Gasteiger partial charge >= 0.3 is 0 Å². The lowest BCUT2D eigenvalue weighted by Gasteiger charge is -2.29. The van der Waals surface area contributed by atoms with Gasteiger partial charge in [0.05, 0.1) is 11.6 Å². The fraction of sp³-hybridized carbons (Fsp3) is 0.143. The molecule has 1 aliphatic rings. The molecule has 2 N–H and O–H groups in total. The number of anilines is 2. The Morgan fingerprint density at radius 1 is 0.926 bits per heavy atom. The van der Waals surface area contributed by atoms with Crippen molar-refractivity contribution in [2.75, 3.05) is 18.4 Å². The average Bonchev–Trinajstić information content (AvgIpc) is 3.08. The van der Waals surface area contributed by atoms with E-state index in [4.69, 9.17) is 4.74 Å². The largest absolute Gasteiger partial charge is 0.457 e. The summed E-state index contributed by atoms with van der Waals surface area (Å²) in [4.78, 5) is 8.86. The van der Waals surface area contributed by atoms with Crippen molar-refractivity contribution in [1.29, 1.82) is 0 Å². The molecule has 3 heterocycles. The van der Waals surface area contributed by atoms with E-state index in [1.807, 2.05) is 60.7 Å². The number of nitrogens with one attached hydrogen (secondary N) is 2. The van der Waals surface area contributed by atoms with Gasteiger partial charge in [-0.15, -0.1) is 0 Å². The first-order valence-corrected chi connectivity index (χ1v) is 8.99. The number of benzene rings is 2. The number of rotatable bonds is 5. The highest BCUT2D eigenvalue weighted by atomic mass is 16.5. The van der Waals surface area contributed by atoms with Gasteiger partial charge < -0.3 is 19.9 Å². The molecule has 0 unspecified atom stereocenters. The zero-order chi connectivity index (χ0) is 18.1. The first kappa shape index (κ1) is 15.8. The lowest BCUT2D eigenvalue weighted by atomic mass is 10.2. The Kier molecular flexibility index (Phi) is 3.95. The molecule has 6 heteroatoms. The second-order valence-electron chi connectivity index (χ2n) is 6.56. The Bertz CT molecular complexity index is 1060. The highest BCUT2D eigenvalue weighted by Gasteiger charge is 2.22. The standard InChI is InChI=1S/C21H19N5O/c1-2-4-17(5-3-1)27-18-8-6-15(7-9-18)25-21-20-19(23-14-24-21)10-11-26(20)16-12-22-13-16/h1-11,14,16,22H,12-13H2,(H,23,24,25). The fourth-order valence-corrected chi connectivity index (χ4v) is 3.23. The van der Waals surface area contributed by atoms with Gasteiger partial charge in [0.15, 0.2) is 5.82 Å². The van der Waals surface area contributed by atoms with E-state index in [1.165, 1.54) is 0 Å². The lowest BCUT2D eigenvalue weighted by molar-refractivity contribution is 0.352. The van der Waals surface area contributed by atoms with Gasteiger partial charge in [-0.05, 0) is 42.5 Å². The van der Waals surface area contributed by atoms with Crippen LogP contribution in [0.15, 0.2) is 73.2 Å². The van der Waals surface area contributed by atoms with Gasteiger partial charge in [0.1, 0.15) is 23.3 Å². The van der Waals surface area contributed by atoms with Gasteiger partial charge in [-0.3, -0.25) is 0 Å². The molecule has 5 rings (SSSR count). The highest BCUT2D eigenvalue weighted by molar-refractivity contribution is 5.88. The van der Waals surface area contributed by atoms with Crippen molar-refractivity contribution < 1.29 is 4.74 Å². The summed E-state index contributed by atoms with van der Waals surface area (Å²) in [5, 5.41) is 6.73. The fourth-order valence-electron chi connectivity index (χ4n) is 3.23. The van der Waals surface area contributed by atoms with Crippen molar-refractivity contribution in [2.45, 2.75) is 6.04 Å². The molecule has 0 saturated carbocycles. The van der Waals surface area contributed by atoms with Gasteiger partial charge in [0, 0.05) is 25.0 Å². The van der Waals surface area contributed by atoms with E-state index >= 15 is 0 Å². The van der Waals surface area contributed by atoms with Crippen LogP contribution in [0.5, 0.6) is 11.5 Å². The SMILES string of the molecule is c1ccc(Oc2ccc(Nc3ncnc4ccn(C5CNC5)c34)cc2)cc1. The van der Waals surface area contributed by atoms with Crippen LogP contribution < -0.4 is 15.4 Å². The summed E-state index contributed by atoms with van der Waals surface area (Å²) in [6, 6.07) is 20.1. The van der Waals surface area contributed by atoms with E-state index in [2.05, 4.69) is 31.4 Å². The predicted molar refractivity (Wildman–Crippen MR) is 106 cm³/mol. The second-order valence-corrected chi connectivity index (χ2v) is 6.56. The van der Waals surface area contributed by atoms with Crippen LogP contribution >= 0.6 is 0 Å². The van der Waals surface area contributed by atoms with Crippen LogP contribution in [0.3, 0.4) is 0 Å². The van der Waals surface area contributed by atoms with Crippen molar-refractivity contribution in [3.8, 4) is 11.5 Å². The molecule has 0 spiro atoms. The van der Waals surface area contributed by atoms with Crippen LogP contribution in [-0.2, 0) is 0 Å². The number of aromatic nitrogens is 3. The van der Waals surface area contributed by atoms with Gasteiger partial charge in [-0.2, -0.15) is 0 Å². The molecule has 0 atom stereocenters. The number of nitrogens with zero attached hydrogens (tertiary/aromatic N) is 3. The molecular weight excluding hydrogens is 338 g/mol. The Labute approximate surface area is 156 Å². The van der Waals surface area contributed by atoms with Crippen LogP contribution in [0.2, 0.25) is 0 Å². The summed E-state index contributed by atoms with van der Waals surface area (Å²) < 4.78 is 8.10. The summed E-state index contributed by atoms with van der Waals surface area (Å²) in [5.41, 5.74) is 2.94. The Balaban J connectivity index is 1.39. The molecule has 1 aliphatic heterocycles. The molecule has 0 aliphatic carbocycles. The summed E-state index contributed by atoms with van der Waals surface area (Å²) in [6.45, 7) is 1.95. The van der Waals surface area contributed by atoms with Crippen molar-refractivity contribution >= 4 is 22.5 Å². The zero-order valence-electron chi connectivity index (χ0n) is 14.7. The first-order chi connectivity index (χ1) is 13.4. The predicted octanol–water partition coefficient (Wildman–Crippen LogP) is 4.11. The molecule has 2 aromatic carbocycles. The van der Waals surface area contributed by atoms with E-state index in [-0.39, 0.29) is 0 Å². The number of para-hydroxylation sites is 1. The number of ether oxygens (including phenoxy) is 1. The van der Waals surface area contributed by atoms with Crippen molar-refractivity contribution in [1.82, 2.24) is 19.9 Å². The quantitative estimate of drug-likeness (QED) is 0.563. The maximum absolute atomic E-state index is 5.85. The van der Waals surface area contributed by atoms with E-state index in [0.717, 1.165) is 47.1 Å². The Morgan fingerprint density at radius 3 is 2.44 bits per heavy atom. The third-order valence-corrected chi connectivity index (χ3v) is 4.75. The average molecular weight is 357 g/mol. The third kappa shape index (κ3) is 3.11. The van der Waals surface area contributed by atoms with E-state index in [0.29, 0.717) is 6.04 Å². The van der Waals surface area contributed by atoms with Gasteiger partial charge in [-0.25, -0.2) is 9.97 Å². The van der Waals surface area contributed by atoms with Crippen molar-refractivity contribution in [3.63, 3.8) is 0 Å². The number of hydrogen-bond donors (Lipinski definition) is 2. The molecule has 1 saturated heterocycles. The summed E-state index contributed by atoms with van der Waals surface area (Å²) in [6.07, 6.45) is 3.69. The molecule has 134 valence electrons. The minimum absolute atomic E-state index is 0.454. The van der Waals surface area contributed by atoms with E-state index < -0.39 is 0 Å². The molecule has 0 bridgehead atoms. The zero-order valence-corrected chi connectivity index (χ0v) is 14.7. The van der Waals surface area contributed by atoms with Crippen LogP contribution in [0.25, 0.3) is 11.0 Å². The molecule has 0 radical (unpaired) electrons. The second kappa shape index (κ2) is 6.74. The topological polar surface area (TPSA) is 64.0 Å². The van der Waals surface area contributed by atoms with E-state index in [9.17, 15) is 0 Å². The molecule has 6 nitrogen and oxygen atoms in total. The molecule has 27 heavy (non-hydrogen) atoms. The van der Waals surface area contributed by atoms with E-state index in [1.54, 1.807) is 6.33 Å². The van der Waals surface area contributed by atoms with Crippen LogP contribution in [0.4, 0.5) is 11.5 Å². The first-order valence-electron chi connectivity index (χ1n) is 8.99. The smallest absolute Gasteiger partial charge is 0.158 e. The minimum Gasteiger partial charge on any atom is -0.457 e. The maximum atomic E-state index is 5.85. The maximum Gasteiger partial charge on any atom is 0.158 e. The molecular formula is C21H19N5O. The van der Waals surface area contributed by atoms with Gasteiger partial charge in [-0.1, -0.05) is 18.2 Å². The normalized spacial score (nSPS) is 14.1. The van der Waals surface area contributed by atoms with Crippen LogP contribution in [0, 0.1) is 0 Å². The minimum atomic E-state index is 0.454. The summed E-state index contributed by atoms with van der Waals surface area (Å²) in [5.74, 6) is 2.43. The highest BCUT2D eigenvalue weighted by Crippen LogP contribution is 2.29. The Hall–Kier alpha value is -3.38. The van der Waals surface area contributed by atoms with Crippen LogP contribution in [0.1, 0.15) is 6.04 Å². The van der Waals surface area contributed by atoms with Gasteiger partial charge in [0.2, 0.25) is 0 Å². The summed E-state index contributed by atoms with van der Waals surface area (Å²) in [7, 11) is 0. The van der Waals surface area contributed by atoms with Crippen molar-refractivity contribution in [3.05, 3.63) is 73.2 Å².